The molecule has 2 heterocycles. The lowest BCUT2D eigenvalue weighted by Crippen LogP contribution is -2.46. The standard InChI is InChI=1S/C22H32N2O5/c1-22(2,3)29-21(26)24-14-11-16-17(19(24)20(25)28-5)7-6-8-18(16)23-12-9-15(27-4)10-13-23/h6-8,15,19H,9-14H2,1-5H3. The highest BCUT2D eigenvalue weighted by molar-refractivity contribution is 5.85. The molecule has 1 aromatic rings. The van der Waals surface area contributed by atoms with Crippen molar-refractivity contribution in [2.45, 2.75) is 57.8 Å². The summed E-state index contributed by atoms with van der Waals surface area (Å²) in [4.78, 5) is 29.3. The smallest absolute Gasteiger partial charge is 0.411 e. The van der Waals surface area contributed by atoms with Crippen molar-refractivity contribution in [3.05, 3.63) is 29.3 Å². The van der Waals surface area contributed by atoms with E-state index in [1.165, 1.54) is 12.0 Å². The van der Waals surface area contributed by atoms with Crippen LogP contribution in [-0.2, 0) is 25.4 Å². The fourth-order valence-electron chi connectivity index (χ4n) is 4.16. The molecule has 1 aromatic carbocycles. The third kappa shape index (κ3) is 4.66. The van der Waals surface area contributed by atoms with Crippen molar-refractivity contribution in [1.29, 1.82) is 0 Å². The molecule has 160 valence electrons. The molecule has 2 aliphatic heterocycles. The van der Waals surface area contributed by atoms with E-state index in [0.29, 0.717) is 19.1 Å². The van der Waals surface area contributed by atoms with Crippen LogP contribution in [0.4, 0.5) is 10.5 Å². The van der Waals surface area contributed by atoms with Gasteiger partial charge in [0.1, 0.15) is 5.60 Å². The van der Waals surface area contributed by atoms with Crippen LogP contribution >= 0.6 is 0 Å². The molecule has 29 heavy (non-hydrogen) atoms. The molecule has 2 aliphatic rings. The summed E-state index contributed by atoms with van der Waals surface area (Å²) in [7, 11) is 3.11. The zero-order valence-electron chi connectivity index (χ0n) is 18.1. The number of amides is 1. The average molecular weight is 405 g/mol. The predicted octanol–water partition coefficient (Wildman–Crippen LogP) is 3.31. The van der Waals surface area contributed by atoms with Gasteiger partial charge in [0.25, 0.3) is 0 Å². The number of hydrogen-bond acceptors (Lipinski definition) is 6. The summed E-state index contributed by atoms with van der Waals surface area (Å²) in [6.45, 7) is 7.68. The molecule has 7 nitrogen and oxygen atoms in total. The van der Waals surface area contributed by atoms with E-state index in [4.69, 9.17) is 14.2 Å². The normalized spacial score (nSPS) is 20.2. The second kappa shape index (κ2) is 8.61. The largest absolute Gasteiger partial charge is 0.467 e. The number of rotatable bonds is 3. The number of carbonyl (C=O) groups excluding carboxylic acids is 2. The number of anilines is 1. The van der Waals surface area contributed by atoms with Crippen molar-refractivity contribution in [3.63, 3.8) is 0 Å². The molecule has 0 aromatic heterocycles. The van der Waals surface area contributed by atoms with E-state index in [2.05, 4.69) is 11.0 Å². The average Bonchev–Trinajstić information content (AvgIpc) is 2.70. The number of ether oxygens (including phenoxy) is 3. The zero-order valence-corrected chi connectivity index (χ0v) is 18.1. The van der Waals surface area contributed by atoms with Crippen LogP contribution in [0.15, 0.2) is 18.2 Å². The summed E-state index contributed by atoms with van der Waals surface area (Å²) in [5.74, 6) is -0.452. The first-order chi connectivity index (χ1) is 13.7. The van der Waals surface area contributed by atoms with Crippen LogP contribution in [0, 0.1) is 0 Å². The molecule has 0 N–H and O–H groups in total. The number of esters is 1. The molecule has 1 unspecified atom stereocenters. The van der Waals surface area contributed by atoms with E-state index < -0.39 is 23.7 Å². The maximum Gasteiger partial charge on any atom is 0.411 e. The van der Waals surface area contributed by atoms with Crippen molar-refractivity contribution in [2.75, 3.05) is 38.8 Å². The Kier molecular flexibility index (Phi) is 6.36. The number of carbonyl (C=O) groups is 2. The minimum absolute atomic E-state index is 0.302. The lowest BCUT2D eigenvalue weighted by molar-refractivity contribution is -0.147. The van der Waals surface area contributed by atoms with Gasteiger partial charge < -0.3 is 19.1 Å². The van der Waals surface area contributed by atoms with E-state index in [0.717, 1.165) is 42.7 Å². The summed E-state index contributed by atoms with van der Waals surface area (Å²) in [6.07, 6.45) is 2.43. The monoisotopic (exact) mass is 404 g/mol. The maximum absolute atomic E-state index is 12.8. The van der Waals surface area contributed by atoms with E-state index in [1.807, 2.05) is 32.9 Å². The fraction of sp³-hybridized carbons (Fsp3) is 0.636. The van der Waals surface area contributed by atoms with Gasteiger partial charge in [0.2, 0.25) is 0 Å². The van der Waals surface area contributed by atoms with Gasteiger partial charge in [0.05, 0.1) is 13.2 Å². The van der Waals surface area contributed by atoms with Crippen LogP contribution in [0.3, 0.4) is 0 Å². The maximum atomic E-state index is 12.8. The Morgan fingerprint density at radius 3 is 2.34 bits per heavy atom. The summed E-state index contributed by atoms with van der Waals surface area (Å²) < 4.78 is 16.1. The highest BCUT2D eigenvalue weighted by Gasteiger charge is 2.40. The Balaban J connectivity index is 1.92. The van der Waals surface area contributed by atoms with Gasteiger partial charge in [0, 0.05) is 32.4 Å². The number of methoxy groups -OCH3 is 2. The van der Waals surface area contributed by atoms with Crippen molar-refractivity contribution < 1.29 is 23.8 Å². The number of nitrogens with zero attached hydrogens (tertiary/aromatic N) is 2. The fourth-order valence-corrected chi connectivity index (χ4v) is 4.16. The third-order valence-corrected chi connectivity index (χ3v) is 5.56. The molecule has 3 rings (SSSR count). The van der Waals surface area contributed by atoms with Crippen molar-refractivity contribution in [3.8, 4) is 0 Å². The Hall–Kier alpha value is -2.28. The molecule has 0 radical (unpaired) electrons. The zero-order chi connectivity index (χ0) is 21.2. The van der Waals surface area contributed by atoms with Crippen LogP contribution in [0.5, 0.6) is 0 Å². The lowest BCUT2D eigenvalue weighted by Gasteiger charge is -2.40. The van der Waals surface area contributed by atoms with Crippen LogP contribution < -0.4 is 4.90 Å². The van der Waals surface area contributed by atoms with Gasteiger partial charge >= 0.3 is 12.1 Å². The highest BCUT2D eigenvalue weighted by atomic mass is 16.6. The second-order valence-corrected chi connectivity index (χ2v) is 8.62. The van der Waals surface area contributed by atoms with Crippen molar-refractivity contribution >= 4 is 17.7 Å². The second-order valence-electron chi connectivity index (χ2n) is 8.62. The molecule has 7 heteroatoms. The molecule has 0 spiro atoms. The Morgan fingerprint density at radius 1 is 1.07 bits per heavy atom. The third-order valence-electron chi connectivity index (χ3n) is 5.56. The van der Waals surface area contributed by atoms with Gasteiger partial charge in [-0.25, -0.2) is 9.59 Å². The Morgan fingerprint density at radius 2 is 1.76 bits per heavy atom. The van der Waals surface area contributed by atoms with Crippen LogP contribution in [0.2, 0.25) is 0 Å². The molecule has 0 bridgehead atoms. The van der Waals surface area contributed by atoms with Crippen LogP contribution in [0.1, 0.15) is 50.8 Å². The van der Waals surface area contributed by atoms with E-state index in [1.54, 1.807) is 7.11 Å². The molecule has 1 fully saturated rings. The minimum Gasteiger partial charge on any atom is -0.467 e. The van der Waals surface area contributed by atoms with Crippen LogP contribution in [0.25, 0.3) is 0 Å². The SMILES string of the molecule is COC(=O)C1c2cccc(N3CCC(OC)CC3)c2CCN1C(=O)OC(C)(C)C. The summed E-state index contributed by atoms with van der Waals surface area (Å²) in [6, 6.07) is 5.17. The van der Waals surface area contributed by atoms with E-state index in [-0.39, 0.29) is 0 Å². The van der Waals surface area contributed by atoms with Gasteiger partial charge in [-0.2, -0.15) is 0 Å². The predicted molar refractivity (Wildman–Crippen MR) is 110 cm³/mol. The molecule has 0 aliphatic carbocycles. The van der Waals surface area contributed by atoms with Gasteiger partial charge in [-0.3, -0.25) is 4.90 Å². The molecule has 1 amide bonds. The first-order valence-corrected chi connectivity index (χ1v) is 10.2. The van der Waals surface area contributed by atoms with Crippen molar-refractivity contribution in [2.24, 2.45) is 0 Å². The minimum atomic E-state index is -0.796. The Bertz CT molecular complexity index is 750. The number of fused-ring (bicyclic) bond motifs is 1. The first kappa shape index (κ1) is 21.4. The highest BCUT2D eigenvalue weighted by Crippen LogP contribution is 2.37. The molecule has 1 saturated heterocycles. The topological polar surface area (TPSA) is 68.3 Å². The molecule has 0 saturated carbocycles. The lowest BCUT2D eigenvalue weighted by atomic mass is 9.90. The quantitative estimate of drug-likeness (QED) is 0.720. The van der Waals surface area contributed by atoms with Gasteiger partial charge in [0.15, 0.2) is 6.04 Å². The van der Waals surface area contributed by atoms with E-state index >= 15 is 0 Å². The van der Waals surface area contributed by atoms with Crippen molar-refractivity contribution in [1.82, 2.24) is 4.90 Å². The summed E-state index contributed by atoms with van der Waals surface area (Å²) in [5, 5.41) is 0. The number of piperidine rings is 1. The number of hydrogen-bond donors (Lipinski definition) is 0. The molecular weight excluding hydrogens is 372 g/mol. The number of benzene rings is 1. The molecular formula is C22H32N2O5. The summed E-state index contributed by atoms with van der Waals surface area (Å²) in [5.41, 5.74) is 2.43. The van der Waals surface area contributed by atoms with Gasteiger partial charge in [-0.15, -0.1) is 0 Å². The first-order valence-electron chi connectivity index (χ1n) is 10.2. The van der Waals surface area contributed by atoms with Gasteiger partial charge in [-0.05, 0) is 57.2 Å². The Labute approximate surface area is 172 Å². The summed E-state index contributed by atoms with van der Waals surface area (Å²) >= 11 is 0. The van der Waals surface area contributed by atoms with Crippen LogP contribution in [-0.4, -0.2) is 62.5 Å². The van der Waals surface area contributed by atoms with E-state index in [9.17, 15) is 9.59 Å². The van der Waals surface area contributed by atoms with Gasteiger partial charge in [-0.1, -0.05) is 12.1 Å². The molecule has 1 atom stereocenters.